The Hall–Kier alpha value is -2.61. The molecular formula is C27H33NO. The third-order valence-electron chi connectivity index (χ3n) is 5.21. The predicted octanol–water partition coefficient (Wildman–Crippen LogP) is 7.92. The van der Waals surface area contributed by atoms with Gasteiger partial charge in [0.05, 0.1) is 17.8 Å². The van der Waals surface area contributed by atoms with Crippen molar-refractivity contribution in [1.82, 2.24) is 4.98 Å². The summed E-state index contributed by atoms with van der Waals surface area (Å²) in [5.74, 6) is 0.953. The van der Waals surface area contributed by atoms with Gasteiger partial charge in [0.1, 0.15) is 5.75 Å². The number of pyridine rings is 1. The van der Waals surface area contributed by atoms with Crippen LogP contribution in [-0.4, -0.2) is 11.6 Å². The first-order valence-electron chi connectivity index (χ1n) is 11.1. The highest BCUT2D eigenvalue weighted by molar-refractivity contribution is 5.80. The lowest BCUT2D eigenvalue weighted by Crippen LogP contribution is -1.97. The summed E-state index contributed by atoms with van der Waals surface area (Å²) in [6, 6.07) is 20.7. The maximum atomic E-state index is 5.88. The van der Waals surface area contributed by atoms with Gasteiger partial charge in [0.25, 0.3) is 0 Å². The van der Waals surface area contributed by atoms with Crippen LogP contribution in [-0.2, 0) is 0 Å². The van der Waals surface area contributed by atoms with Crippen LogP contribution in [0.1, 0.15) is 69.5 Å². The topological polar surface area (TPSA) is 22.1 Å². The molecule has 2 heteroatoms. The minimum Gasteiger partial charge on any atom is -0.494 e. The molecule has 0 saturated heterocycles. The van der Waals surface area contributed by atoms with Gasteiger partial charge in [-0.3, -0.25) is 0 Å². The molecule has 0 aliphatic heterocycles. The number of benzene rings is 2. The van der Waals surface area contributed by atoms with Crippen molar-refractivity contribution in [1.29, 1.82) is 0 Å². The van der Waals surface area contributed by atoms with Crippen LogP contribution in [0.4, 0.5) is 0 Å². The minimum atomic E-state index is 0.811. The first-order valence-corrected chi connectivity index (χ1v) is 11.1. The zero-order chi connectivity index (χ0) is 20.2. The molecule has 3 aromatic rings. The Morgan fingerprint density at radius 1 is 0.724 bits per heavy atom. The molecule has 0 saturated carbocycles. The van der Waals surface area contributed by atoms with Gasteiger partial charge in [0, 0.05) is 5.39 Å². The maximum absolute atomic E-state index is 5.88. The second-order valence-corrected chi connectivity index (χ2v) is 7.65. The lowest BCUT2D eigenvalue weighted by atomic mass is 10.1. The normalized spacial score (nSPS) is 11.3. The summed E-state index contributed by atoms with van der Waals surface area (Å²) in [7, 11) is 0. The van der Waals surface area contributed by atoms with E-state index in [2.05, 4.69) is 66.5 Å². The fourth-order valence-electron chi connectivity index (χ4n) is 3.46. The summed E-state index contributed by atoms with van der Waals surface area (Å²) in [6.07, 6.45) is 14.8. The molecule has 0 unspecified atom stereocenters. The number of fused-ring (bicyclic) bond motifs is 1. The van der Waals surface area contributed by atoms with Gasteiger partial charge in [0.2, 0.25) is 0 Å². The predicted molar refractivity (Wildman–Crippen MR) is 125 cm³/mol. The van der Waals surface area contributed by atoms with E-state index in [-0.39, 0.29) is 0 Å². The molecule has 29 heavy (non-hydrogen) atoms. The fraction of sp³-hybridized carbons (Fsp3) is 0.370. The maximum Gasteiger partial charge on any atom is 0.119 e. The van der Waals surface area contributed by atoms with Crippen LogP contribution in [0.5, 0.6) is 5.75 Å². The first kappa shape index (κ1) is 21.1. The highest BCUT2D eigenvalue weighted by atomic mass is 16.5. The third-order valence-corrected chi connectivity index (χ3v) is 5.21. The lowest BCUT2D eigenvalue weighted by molar-refractivity contribution is 0.304. The van der Waals surface area contributed by atoms with Crippen molar-refractivity contribution in [3.05, 3.63) is 71.9 Å². The standard InChI is InChI=1S/C27H33NO/c1-2-3-4-5-6-7-8-11-22-29-26-20-15-23(16-21-26)14-18-25-19-17-24-12-9-10-13-27(24)28-25/h9-10,12-21H,2-8,11,22H2,1H3. The number of para-hydroxylation sites is 1. The number of ether oxygens (including phenoxy) is 1. The van der Waals surface area contributed by atoms with Crippen molar-refractivity contribution in [2.45, 2.75) is 58.3 Å². The van der Waals surface area contributed by atoms with Crippen molar-refractivity contribution >= 4 is 23.1 Å². The molecular weight excluding hydrogens is 354 g/mol. The lowest BCUT2D eigenvalue weighted by Gasteiger charge is -2.06. The Bertz CT molecular complexity index is 882. The molecule has 0 radical (unpaired) electrons. The third kappa shape index (κ3) is 7.38. The van der Waals surface area contributed by atoms with Crippen molar-refractivity contribution in [2.24, 2.45) is 0 Å². The molecule has 1 heterocycles. The van der Waals surface area contributed by atoms with Crippen LogP contribution in [0.15, 0.2) is 60.7 Å². The average Bonchev–Trinajstić information content (AvgIpc) is 2.77. The van der Waals surface area contributed by atoms with Crippen molar-refractivity contribution in [2.75, 3.05) is 6.61 Å². The second kappa shape index (κ2) is 12.1. The number of hydrogen-bond acceptors (Lipinski definition) is 2. The highest BCUT2D eigenvalue weighted by Gasteiger charge is 1.97. The molecule has 0 aliphatic carbocycles. The van der Waals surface area contributed by atoms with Gasteiger partial charge in [-0.1, -0.05) is 94.3 Å². The Morgan fingerprint density at radius 2 is 1.45 bits per heavy atom. The Morgan fingerprint density at radius 3 is 2.24 bits per heavy atom. The van der Waals surface area contributed by atoms with Crippen LogP contribution in [0.2, 0.25) is 0 Å². The summed E-state index contributed by atoms with van der Waals surface area (Å²) in [6.45, 7) is 3.08. The molecule has 0 fully saturated rings. The quantitative estimate of drug-likeness (QED) is 0.294. The summed E-state index contributed by atoms with van der Waals surface area (Å²) >= 11 is 0. The zero-order valence-corrected chi connectivity index (χ0v) is 17.6. The van der Waals surface area contributed by atoms with Gasteiger partial charge in [0.15, 0.2) is 0 Å². The van der Waals surface area contributed by atoms with Gasteiger partial charge in [-0.05, 0) is 42.3 Å². The highest BCUT2D eigenvalue weighted by Crippen LogP contribution is 2.17. The summed E-state index contributed by atoms with van der Waals surface area (Å²) in [5, 5.41) is 1.17. The van der Waals surface area contributed by atoms with Gasteiger partial charge in [-0.2, -0.15) is 0 Å². The van der Waals surface area contributed by atoms with E-state index >= 15 is 0 Å². The van der Waals surface area contributed by atoms with E-state index in [0.717, 1.165) is 35.6 Å². The van der Waals surface area contributed by atoms with Crippen LogP contribution < -0.4 is 4.74 Å². The summed E-state index contributed by atoms with van der Waals surface area (Å²) in [4.78, 5) is 4.68. The molecule has 2 nitrogen and oxygen atoms in total. The molecule has 1 aromatic heterocycles. The minimum absolute atomic E-state index is 0.811. The van der Waals surface area contributed by atoms with Crippen LogP contribution in [0.25, 0.3) is 23.1 Å². The van der Waals surface area contributed by atoms with E-state index in [4.69, 9.17) is 4.74 Å². The second-order valence-electron chi connectivity index (χ2n) is 7.65. The Balaban J connectivity index is 1.38. The van der Waals surface area contributed by atoms with Gasteiger partial charge in [-0.15, -0.1) is 0 Å². The Labute approximate surface area is 175 Å². The molecule has 2 aromatic carbocycles. The molecule has 0 spiro atoms. The van der Waals surface area contributed by atoms with Crippen molar-refractivity contribution in [3.63, 3.8) is 0 Å². The van der Waals surface area contributed by atoms with Gasteiger partial charge >= 0.3 is 0 Å². The fourth-order valence-corrected chi connectivity index (χ4v) is 3.46. The largest absolute Gasteiger partial charge is 0.494 e. The average molecular weight is 388 g/mol. The number of nitrogens with zero attached hydrogens (tertiary/aromatic N) is 1. The zero-order valence-electron chi connectivity index (χ0n) is 17.6. The number of aromatic nitrogens is 1. The van der Waals surface area contributed by atoms with Crippen LogP contribution in [0.3, 0.4) is 0 Å². The number of hydrogen-bond donors (Lipinski definition) is 0. The summed E-state index contributed by atoms with van der Waals surface area (Å²) in [5.41, 5.74) is 3.15. The molecule has 3 rings (SSSR count). The molecule has 152 valence electrons. The molecule has 0 atom stereocenters. The molecule has 0 amide bonds. The van der Waals surface area contributed by atoms with Crippen LogP contribution in [0, 0.1) is 0 Å². The SMILES string of the molecule is CCCCCCCCCCOc1ccc(C=Cc2ccc3ccccc3n2)cc1. The summed E-state index contributed by atoms with van der Waals surface area (Å²) < 4.78 is 5.88. The van der Waals surface area contributed by atoms with Gasteiger partial charge < -0.3 is 4.74 Å². The first-order chi connectivity index (χ1) is 14.3. The van der Waals surface area contributed by atoms with E-state index in [1.807, 2.05) is 18.2 Å². The van der Waals surface area contributed by atoms with Crippen molar-refractivity contribution in [3.8, 4) is 5.75 Å². The van der Waals surface area contributed by atoms with Gasteiger partial charge in [-0.25, -0.2) is 4.98 Å². The number of rotatable bonds is 12. The number of unbranched alkanes of at least 4 members (excludes halogenated alkanes) is 7. The van der Waals surface area contributed by atoms with Crippen LogP contribution >= 0.6 is 0 Å². The van der Waals surface area contributed by atoms with E-state index in [0.29, 0.717) is 0 Å². The monoisotopic (exact) mass is 387 g/mol. The Kier molecular flexibility index (Phi) is 8.78. The molecule has 0 bridgehead atoms. The van der Waals surface area contributed by atoms with Crippen molar-refractivity contribution < 1.29 is 4.74 Å². The smallest absolute Gasteiger partial charge is 0.119 e. The van der Waals surface area contributed by atoms with E-state index in [1.165, 1.54) is 50.3 Å². The van der Waals surface area contributed by atoms with E-state index in [1.54, 1.807) is 0 Å². The van der Waals surface area contributed by atoms with E-state index < -0.39 is 0 Å². The van der Waals surface area contributed by atoms with E-state index in [9.17, 15) is 0 Å². The molecule has 0 aliphatic rings. The molecule has 0 N–H and O–H groups in total.